The highest BCUT2D eigenvalue weighted by atomic mass is 16.5. The van der Waals surface area contributed by atoms with E-state index in [1.54, 1.807) is 49.6 Å². The molecule has 1 amide bonds. The highest BCUT2D eigenvalue weighted by molar-refractivity contribution is 6.51. The van der Waals surface area contributed by atoms with Crippen molar-refractivity contribution in [1.82, 2.24) is 0 Å². The van der Waals surface area contributed by atoms with Gasteiger partial charge in [0.15, 0.2) is 0 Å². The Morgan fingerprint density at radius 1 is 0.944 bits per heavy atom. The average molecular weight is 486 g/mol. The number of benzene rings is 3. The predicted octanol–water partition coefficient (Wildman–Crippen LogP) is 5.97. The molecule has 1 saturated heterocycles. The van der Waals surface area contributed by atoms with Crippen molar-refractivity contribution in [2.24, 2.45) is 5.92 Å². The summed E-state index contributed by atoms with van der Waals surface area (Å²) in [5, 5.41) is 11.4. The molecule has 0 spiro atoms. The number of aliphatic hydroxyl groups excluding tert-OH is 1. The van der Waals surface area contributed by atoms with E-state index in [4.69, 9.17) is 9.47 Å². The zero-order valence-corrected chi connectivity index (χ0v) is 21.2. The van der Waals surface area contributed by atoms with Crippen LogP contribution in [0, 0.1) is 19.8 Å². The third kappa shape index (κ3) is 4.98. The molecule has 3 aromatic carbocycles. The first-order chi connectivity index (χ1) is 17.2. The van der Waals surface area contributed by atoms with Gasteiger partial charge in [0, 0.05) is 11.3 Å². The van der Waals surface area contributed by atoms with E-state index < -0.39 is 17.7 Å². The second kappa shape index (κ2) is 10.3. The van der Waals surface area contributed by atoms with E-state index in [0.717, 1.165) is 11.1 Å². The maximum atomic E-state index is 13.4. The maximum Gasteiger partial charge on any atom is 0.300 e. The Morgan fingerprint density at radius 3 is 2.22 bits per heavy atom. The van der Waals surface area contributed by atoms with Gasteiger partial charge in [0.2, 0.25) is 0 Å². The number of ketones is 1. The molecular weight excluding hydrogens is 454 g/mol. The monoisotopic (exact) mass is 485 g/mol. The van der Waals surface area contributed by atoms with E-state index in [-0.39, 0.29) is 11.3 Å². The average Bonchev–Trinajstić information content (AvgIpc) is 3.12. The Hall–Kier alpha value is -4.06. The van der Waals surface area contributed by atoms with Crippen LogP contribution in [0.15, 0.2) is 72.3 Å². The van der Waals surface area contributed by atoms with Crippen LogP contribution in [-0.4, -0.2) is 30.5 Å². The van der Waals surface area contributed by atoms with Crippen LogP contribution in [0.25, 0.3) is 5.76 Å². The van der Waals surface area contributed by atoms with Crippen LogP contribution in [0.1, 0.15) is 42.1 Å². The summed E-state index contributed by atoms with van der Waals surface area (Å²) in [6, 6.07) is 19.0. The number of hydrogen-bond donors (Lipinski definition) is 1. The van der Waals surface area contributed by atoms with Crippen molar-refractivity contribution in [2.75, 3.05) is 18.6 Å². The van der Waals surface area contributed by atoms with E-state index in [9.17, 15) is 14.7 Å². The lowest BCUT2D eigenvalue weighted by Crippen LogP contribution is -2.29. The predicted molar refractivity (Wildman–Crippen MR) is 140 cm³/mol. The Morgan fingerprint density at radius 2 is 1.61 bits per heavy atom. The summed E-state index contributed by atoms with van der Waals surface area (Å²) >= 11 is 0. The van der Waals surface area contributed by atoms with Gasteiger partial charge in [-0.25, -0.2) is 0 Å². The van der Waals surface area contributed by atoms with E-state index in [1.807, 2.05) is 38.1 Å². The number of methoxy groups -OCH3 is 1. The van der Waals surface area contributed by atoms with Crippen molar-refractivity contribution >= 4 is 23.1 Å². The molecule has 0 aromatic heterocycles. The lowest BCUT2D eigenvalue weighted by Gasteiger charge is -2.26. The number of aliphatic hydroxyl groups is 1. The minimum atomic E-state index is -0.821. The van der Waals surface area contributed by atoms with Crippen LogP contribution in [0.4, 0.5) is 5.69 Å². The van der Waals surface area contributed by atoms with Crippen LogP contribution in [-0.2, 0) is 9.59 Å². The summed E-state index contributed by atoms with van der Waals surface area (Å²) in [7, 11) is 1.56. The van der Waals surface area contributed by atoms with E-state index in [0.29, 0.717) is 40.8 Å². The van der Waals surface area contributed by atoms with E-state index in [1.165, 1.54) is 4.90 Å². The van der Waals surface area contributed by atoms with Gasteiger partial charge in [-0.1, -0.05) is 32.0 Å². The third-order valence-electron chi connectivity index (χ3n) is 6.05. The molecule has 3 aromatic rings. The number of aryl methyl sites for hydroxylation is 2. The molecule has 1 aliphatic heterocycles. The van der Waals surface area contributed by atoms with Gasteiger partial charge in [-0.05, 0) is 85.0 Å². The van der Waals surface area contributed by atoms with Gasteiger partial charge < -0.3 is 14.6 Å². The number of carbonyl (C=O) groups is 2. The number of amides is 1. The van der Waals surface area contributed by atoms with E-state index in [2.05, 4.69) is 13.8 Å². The van der Waals surface area contributed by atoms with Crippen molar-refractivity contribution in [3.05, 3.63) is 94.6 Å². The zero-order valence-electron chi connectivity index (χ0n) is 21.2. The Balaban J connectivity index is 1.86. The molecule has 186 valence electrons. The first-order valence-electron chi connectivity index (χ1n) is 12.0. The Kier molecular flexibility index (Phi) is 7.15. The van der Waals surface area contributed by atoms with Crippen LogP contribution < -0.4 is 14.4 Å². The summed E-state index contributed by atoms with van der Waals surface area (Å²) in [5.41, 5.74) is 3.65. The van der Waals surface area contributed by atoms with Crippen molar-refractivity contribution in [1.29, 1.82) is 0 Å². The lowest BCUT2D eigenvalue weighted by molar-refractivity contribution is -0.132. The van der Waals surface area contributed by atoms with Gasteiger partial charge in [-0.15, -0.1) is 0 Å². The number of ether oxygens (including phenoxy) is 2. The number of hydrogen-bond acceptors (Lipinski definition) is 5. The number of carbonyl (C=O) groups excluding carboxylic acids is 2. The smallest absolute Gasteiger partial charge is 0.300 e. The normalized spacial score (nSPS) is 17.1. The van der Waals surface area contributed by atoms with Crippen molar-refractivity contribution in [2.45, 2.75) is 33.7 Å². The van der Waals surface area contributed by atoms with E-state index >= 15 is 0 Å². The van der Waals surface area contributed by atoms with Crippen LogP contribution in [0.2, 0.25) is 0 Å². The topological polar surface area (TPSA) is 76.1 Å². The van der Waals surface area contributed by atoms with Crippen LogP contribution in [0.5, 0.6) is 11.5 Å². The number of nitrogens with zero attached hydrogens (tertiary/aromatic N) is 1. The Labute approximate surface area is 211 Å². The molecule has 1 atom stereocenters. The quantitative estimate of drug-likeness (QED) is 0.253. The molecule has 6 nitrogen and oxygen atoms in total. The van der Waals surface area contributed by atoms with Gasteiger partial charge in [0.05, 0.1) is 25.3 Å². The number of Topliss-reactive ketones (excluding diaryl/α,β-unsaturated/α-hetero) is 1. The summed E-state index contributed by atoms with van der Waals surface area (Å²) in [5.74, 6) is -0.0260. The molecule has 0 bridgehead atoms. The SMILES string of the molecule is COc1cccc(C2/C(=C(\O)c3ccc(OCC(C)C)cc3)C(=O)C(=O)N2c2cc(C)cc(C)c2)c1. The molecule has 0 saturated carbocycles. The fourth-order valence-electron chi connectivity index (χ4n) is 4.44. The largest absolute Gasteiger partial charge is 0.507 e. The molecule has 6 heteroatoms. The molecule has 1 unspecified atom stereocenters. The number of rotatable bonds is 7. The minimum absolute atomic E-state index is 0.0308. The highest BCUT2D eigenvalue weighted by Crippen LogP contribution is 2.43. The highest BCUT2D eigenvalue weighted by Gasteiger charge is 2.47. The van der Waals surface area contributed by atoms with Gasteiger partial charge in [0.1, 0.15) is 17.3 Å². The van der Waals surface area contributed by atoms with Gasteiger partial charge in [-0.2, -0.15) is 0 Å². The molecule has 1 heterocycles. The van der Waals surface area contributed by atoms with Gasteiger partial charge in [-0.3, -0.25) is 14.5 Å². The van der Waals surface area contributed by atoms with Gasteiger partial charge >= 0.3 is 0 Å². The number of anilines is 1. The second-order valence-electron chi connectivity index (χ2n) is 9.52. The van der Waals surface area contributed by atoms with Crippen LogP contribution >= 0.6 is 0 Å². The molecule has 0 radical (unpaired) electrons. The molecule has 36 heavy (non-hydrogen) atoms. The van der Waals surface area contributed by atoms with Crippen molar-refractivity contribution in [3.63, 3.8) is 0 Å². The van der Waals surface area contributed by atoms with Crippen molar-refractivity contribution in [3.8, 4) is 11.5 Å². The van der Waals surface area contributed by atoms with Gasteiger partial charge in [0.25, 0.3) is 11.7 Å². The maximum absolute atomic E-state index is 13.4. The zero-order chi connectivity index (χ0) is 26.0. The first-order valence-corrected chi connectivity index (χ1v) is 12.0. The standard InChI is InChI=1S/C30H31NO5/c1-18(2)17-36-24-11-9-21(10-12-24)28(32)26-27(22-7-6-8-25(16-22)35-5)31(30(34)29(26)33)23-14-19(3)13-20(4)15-23/h6-16,18,27,32H,17H2,1-5H3/b28-26+. The molecule has 0 aliphatic carbocycles. The fraction of sp³-hybridized carbons (Fsp3) is 0.267. The minimum Gasteiger partial charge on any atom is -0.507 e. The molecular formula is C30H31NO5. The molecule has 1 fully saturated rings. The third-order valence-corrected chi connectivity index (χ3v) is 6.05. The summed E-state index contributed by atoms with van der Waals surface area (Å²) in [4.78, 5) is 28.2. The fourth-order valence-corrected chi connectivity index (χ4v) is 4.44. The first kappa shape index (κ1) is 25.0. The van der Waals surface area contributed by atoms with Crippen molar-refractivity contribution < 1.29 is 24.2 Å². The summed E-state index contributed by atoms with van der Waals surface area (Å²) in [6.45, 7) is 8.58. The summed E-state index contributed by atoms with van der Waals surface area (Å²) < 4.78 is 11.1. The van der Waals surface area contributed by atoms with Crippen LogP contribution in [0.3, 0.4) is 0 Å². The molecule has 1 aliphatic rings. The second-order valence-corrected chi connectivity index (χ2v) is 9.52. The Bertz CT molecular complexity index is 1300. The summed E-state index contributed by atoms with van der Waals surface area (Å²) in [6.07, 6.45) is 0. The molecule has 1 N–H and O–H groups in total. The lowest BCUT2D eigenvalue weighted by atomic mass is 9.94. The molecule has 4 rings (SSSR count).